The Hall–Kier alpha value is -1.44. The number of alkyl halides is 6. The summed E-state index contributed by atoms with van der Waals surface area (Å²) in [5.41, 5.74) is -0.471. The molecule has 1 atom stereocenters. The summed E-state index contributed by atoms with van der Waals surface area (Å²) in [6, 6.07) is 3.56. The fraction of sp³-hybridized carbons (Fsp3) is 0.400. The van der Waals surface area contributed by atoms with Crippen LogP contribution >= 0.6 is 0 Å². The van der Waals surface area contributed by atoms with Gasteiger partial charge in [0.15, 0.2) is 12.7 Å². The van der Waals surface area contributed by atoms with Crippen molar-refractivity contribution < 1.29 is 36.2 Å². The zero-order chi connectivity index (χ0) is 14.0. The van der Waals surface area contributed by atoms with Gasteiger partial charge < -0.3 is 9.84 Å². The molecule has 0 fully saturated rings. The predicted octanol–water partition coefficient (Wildman–Crippen LogP) is 3.22. The summed E-state index contributed by atoms with van der Waals surface area (Å²) < 4.78 is 76.0. The zero-order valence-corrected chi connectivity index (χ0v) is 8.72. The zero-order valence-electron chi connectivity index (χ0n) is 8.72. The summed E-state index contributed by atoms with van der Waals surface area (Å²) in [5.74, 6) is -0.231. The fourth-order valence-corrected chi connectivity index (χ4v) is 1.10. The lowest BCUT2D eigenvalue weighted by Crippen LogP contribution is -2.20. The van der Waals surface area contributed by atoms with Crippen molar-refractivity contribution in [1.29, 1.82) is 0 Å². The minimum absolute atomic E-state index is 0.231. The van der Waals surface area contributed by atoms with Crippen LogP contribution in [-0.4, -0.2) is 24.1 Å². The van der Waals surface area contributed by atoms with E-state index >= 15 is 0 Å². The van der Waals surface area contributed by atoms with Crippen LogP contribution in [0.1, 0.15) is 11.7 Å². The van der Waals surface area contributed by atoms with E-state index in [9.17, 15) is 26.3 Å². The molecule has 18 heavy (non-hydrogen) atoms. The molecule has 1 aromatic carbocycles. The molecule has 0 amide bonds. The molecule has 1 rings (SSSR count). The van der Waals surface area contributed by atoms with E-state index < -0.39 is 30.6 Å². The highest BCUT2D eigenvalue weighted by atomic mass is 19.4. The summed E-state index contributed by atoms with van der Waals surface area (Å²) in [4.78, 5) is 0. The van der Waals surface area contributed by atoms with Gasteiger partial charge in [-0.3, -0.25) is 0 Å². The minimum atomic E-state index is -4.83. The van der Waals surface area contributed by atoms with Gasteiger partial charge in [0.25, 0.3) is 0 Å². The summed E-state index contributed by atoms with van der Waals surface area (Å²) in [7, 11) is 0. The van der Waals surface area contributed by atoms with E-state index in [-0.39, 0.29) is 5.75 Å². The van der Waals surface area contributed by atoms with Crippen LogP contribution in [0.15, 0.2) is 24.3 Å². The van der Waals surface area contributed by atoms with Crippen molar-refractivity contribution in [3.8, 4) is 5.75 Å². The highest BCUT2D eigenvalue weighted by Gasteiger charge is 2.39. The van der Waals surface area contributed by atoms with Gasteiger partial charge in [0.2, 0.25) is 0 Å². The van der Waals surface area contributed by atoms with E-state index in [4.69, 9.17) is 5.11 Å². The van der Waals surface area contributed by atoms with Gasteiger partial charge in [0.05, 0.1) is 0 Å². The molecule has 0 spiro atoms. The normalized spacial score (nSPS) is 14.4. The lowest BCUT2D eigenvalue weighted by Gasteiger charge is -2.15. The van der Waals surface area contributed by atoms with Crippen molar-refractivity contribution in [3.63, 3.8) is 0 Å². The van der Waals surface area contributed by atoms with Crippen molar-refractivity contribution in [1.82, 2.24) is 0 Å². The summed E-state index contributed by atoms with van der Waals surface area (Å²) >= 11 is 0. The van der Waals surface area contributed by atoms with E-state index in [0.29, 0.717) is 0 Å². The number of hydrogen-bond donors (Lipinski definition) is 1. The molecule has 0 saturated carbocycles. The van der Waals surface area contributed by atoms with Crippen LogP contribution in [0, 0.1) is 0 Å². The molecule has 1 N–H and O–H groups in total. The van der Waals surface area contributed by atoms with Crippen LogP contribution in [0.25, 0.3) is 0 Å². The van der Waals surface area contributed by atoms with Crippen LogP contribution in [0.2, 0.25) is 0 Å². The van der Waals surface area contributed by atoms with Gasteiger partial charge in [0.1, 0.15) is 5.75 Å². The van der Waals surface area contributed by atoms with Gasteiger partial charge >= 0.3 is 12.4 Å². The molecule has 0 saturated heterocycles. The van der Waals surface area contributed by atoms with Crippen LogP contribution in [0.4, 0.5) is 26.3 Å². The van der Waals surface area contributed by atoms with Crippen molar-refractivity contribution >= 4 is 0 Å². The van der Waals surface area contributed by atoms with Crippen molar-refractivity contribution in [2.75, 3.05) is 6.61 Å². The third-order valence-electron chi connectivity index (χ3n) is 1.91. The Morgan fingerprint density at radius 3 is 1.89 bits per heavy atom. The molecule has 0 aromatic heterocycles. The van der Waals surface area contributed by atoms with Gasteiger partial charge in [0, 0.05) is 0 Å². The first-order valence-corrected chi connectivity index (χ1v) is 4.64. The lowest BCUT2D eigenvalue weighted by atomic mass is 10.1. The van der Waals surface area contributed by atoms with Gasteiger partial charge in [-0.25, -0.2) is 0 Å². The largest absolute Gasteiger partial charge is 0.484 e. The molecule has 0 aliphatic heterocycles. The number of aliphatic hydroxyl groups excluding tert-OH is 1. The molecule has 0 aliphatic rings. The Balaban J connectivity index is 2.69. The molecule has 8 heteroatoms. The van der Waals surface area contributed by atoms with Crippen LogP contribution in [0.5, 0.6) is 5.75 Å². The van der Waals surface area contributed by atoms with E-state index in [1.807, 2.05) is 0 Å². The summed E-state index contributed by atoms with van der Waals surface area (Å²) in [6.45, 7) is -1.53. The molecule has 1 aromatic rings. The minimum Gasteiger partial charge on any atom is -0.484 e. The van der Waals surface area contributed by atoms with Crippen molar-refractivity contribution in [2.45, 2.75) is 18.5 Å². The van der Waals surface area contributed by atoms with Crippen molar-refractivity contribution in [3.05, 3.63) is 29.8 Å². The van der Waals surface area contributed by atoms with Crippen LogP contribution in [0.3, 0.4) is 0 Å². The Morgan fingerprint density at radius 1 is 1.00 bits per heavy atom. The van der Waals surface area contributed by atoms with Gasteiger partial charge in [-0.15, -0.1) is 0 Å². The average molecular weight is 274 g/mol. The molecular weight excluding hydrogens is 266 g/mol. The maximum Gasteiger partial charge on any atom is 0.422 e. The first kappa shape index (κ1) is 14.6. The third kappa shape index (κ3) is 4.44. The molecule has 1 unspecified atom stereocenters. The van der Waals surface area contributed by atoms with Crippen LogP contribution < -0.4 is 4.74 Å². The first-order chi connectivity index (χ1) is 8.09. The summed E-state index contributed by atoms with van der Waals surface area (Å²) in [5, 5.41) is 8.86. The Labute approximate surface area is 97.8 Å². The van der Waals surface area contributed by atoms with E-state index in [1.165, 1.54) is 0 Å². The molecular formula is C10H8F6O2. The van der Waals surface area contributed by atoms with Crippen LogP contribution in [-0.2, 0) is 0 Å². The number of ether oxygens (including phenoxy) is 1. The monoisotopic (exact) mass is 274 g/mol. The second kappa shape index (κ2) is 5.05. The highest BCUT2D eigenvalue weighted by molar-refractivity contribution is 5.29. The molecule has 102 valence electrons. The molecule has 2 nitrogen and oxygen atoms in total. The Kier molecular flexibility index (Phi) is 4.10. The smallest absolute Gasteiger partial charge is 0.422 e. The van der Waals surface area contributed by atoms with E-state index in [0.717, 1.165) is 24.3 Å². The van der Waals surface area contributed by atoms with Gasteiger partial charge in [-0.1, -0.05) is 12.1 Å². The van der Waals surface area contributed by atoms with E-state index in [1.54, 1.807) is 0 Å². The average Bonchev–Trinajstić information content (AvgIpc) is 2.24. The third-order valence-corrected chi connectivity index (χ3v) is 1.91. The van der Waals surface area contributed by atoms with Crippen molar-refractivity contribution in [2.24, 2.45) is 0 Å². The number of benzene rings is 1. The SMILES string of the molecule is OC(c1ccc(OCC(F)(F)F)cc1)C(F)(F)F. The second-order valence-corrected chi connectivity index (χ2v) is 3.42. The number of aliphatic hydroxyl groups is 1. The Morgan fingerprint density at radius 2 is 1.50 bits per heavy atom. The highest BCUT2D eigenvalue weighted by Crippen LogP contribution is 2.33. The molecule has 0 heterocycles. The predicted molar refractivity (Wildman–Crippen MR) is 49.0 cm³/mol. The molecule has 0 aliphatic carbocycles. The quantitative estimate of drug-likeness (QED) is 0.857. The molecule has 0 radical (unpaired) electrons. The number of halogens is 6. The maximum atomic E-state index is 12.1. The maximum absolute atomic E-state index is 12.1. The Bertz CT molecular complexity index is 381. The lowest BCUT2D eigenvalue weighted by molar-refractivity contribution is -0.206. The van der Waals surface area contributed by atoms with Gasteiger partial charge in [-0.2, -0.15) is 26.3 Å². The summed E-state index contributed by atoms with van der Waals surface area (Å²) in [6.07, 6.45) is -12.0. The number of hydrogen-bond acceptors (Lipinski definition) is 2. The fourth-order valence-electron chi connectivity index (χ4n) is 1.10. The van der Waals surface area contributed by atoms with Gasteiger partial charge in [-0.05, 0) is 17.7 Å². The molecule has 0 bridgehead atoms. The first-order valence-electron chi connectivity index (χ1n) is 4.64. The second-order valence-electron chi connectivity index (χ2n) is 3.42. The van der Waals surface area contributed by atoms with E-state index in [2.05, 4.69) is 4.74 Å². The number of rotatable bonds is 3. The standard InChI is InChI=1S/C10H8F6O2/c11-9(12,13)5-18-7-3-1-6(2-4-7)8(17)10(14,15)16/h1-4,8,17H,5H2. The topological polar surface area (TPSA) is 29.5 Å².